The summed E-state index contributed by atoms with van der Waals surface area (Å²) in [6, 6.07) is 12.7. The molecule has 0 radical (unpaired) electrons. The average molecular weight is 420 g/mol. The van der Waals surface area contributed by atoms with E-state index in [1.165, 1.54) is 30.4 Å². The summed E-state index contributed by atoms with van der Waals surface area (Å²) >= 11 is 0. The van der Waals surface area contributed by atoms with Crippen LogP contribution in [0, 0.1) is 0 Å². The summed E-state index contributed by atoms with van der Waals surface area (Å²) in [5.74, 6) is 0.917. The summed E-state index contributed by atoms with van der Waals surface area (Å²) in [6.07, 6.45) is 7.94. The van der Waals surface area contributed by atoms with Crippen molar-refractivity contribution in [3.05, 3.63) is 65.8 Å². The van der Waals surface area contributed by atoms with Crippen LogP contribution in [0.15, 0.2) is 53.3 Å². The maximum atomic E-state index is 12.4. The number of amides is 1. The summed E-state index contributed by atoms with van der Waals surface area (Å²) in [5.41, 5.74) is 3.25. The molecular formula is C24H29N5O2. The van der Waals surface area contributed by atoms with Gasteiger partial charge in [-0.25, -0.2) is 0 Å². The van der Waals surface area contributed by atoms with Gasteiger partial charge in [0.25, 0.3) is 0 Å². The van der Waals surface area contributed by atoms with Gasteiger partial charge < -0.3 is 9.84 Å². The largest absolute Gasteiger partial charge is 0.352 e. The Morgan fingerprint density at radius 1 is 1.19 bits per heavy atom. The molecule has 1 fully saturated rings. The van der Waals surface area contributed by atoms with Crippen molar-refractivity contribution >= 4 is 5.91 Å². The van der Waals surface area contributed by atoms with E-state index >= 15 is 0 Å². The molecule has 7 nitrogen and oxygen atoms in total. The van der Waals surface area contributed by atoms with Crippen molar-refractivity contribution in [1.29, 1.82) is 0 Å². The van der Waals surface area contributed by atoms with Gasteiger partial charge in [-0.15, -0.1) is 0 Å². The molecule has 0 saturated carbocycles. The van der Waals surface area contributed by atoms with Crippen molar-refractivity contribution in [3.8, 4) is 11.4 Å². The van der Waals surface area contributed by atoms with Crippen LogP contribution in [0.5, 0.6) is 0 Å². The smallest absolute Gasteiger partial charge is 0.227 e. The van der Waals surface area contributed by atoms with Crippen molar-refractivity contribution in [2.24, 2.45) is 0 Å². The highest BCUT2D eigenvalue weighted by atomic mass is 16.5. The average Bonchev–Trinajstić information content (AvgIpc) is 3.28. The zero-order valence-electron chi connectivity index (χ0n) is 18.0. The number of hydrogen-bond donors (Lipinski definition) is 1. The van der Waals surface area contributed by atoms with Gasteiger partial charge in [0.1, 0.15) is 0 Å². The molecule has 7 heteroatoms. The Morgan fingerprint density at radius 3 is 2.87 bits per heavy atom. The Morgan fingerprint density at radius 2 is 2.06 bits per heavy atom. The van der Waals surface area contributed by atoms with Gasteiger partial charge in [-0.2, -0.15) is 4.98 Å². The number of piperidine rings is 1. The van der Waals surface area contributed by atoms with Gasteiger partial charge in [-0.1, -0.05) is 35.8 Å². The van der Waals surface area contributed by atoms with Gasteiger partial charge in [0, 0.05) is 49.9 Å². The van der Waals surface area contributed by atoms with Gasteiger partial charge >= 0.3 is 0 Å². The zero-order valence-corrected chi connectivity index (χ0v) is 18.0. The third-order valence-electron chi connectivity index (χ3n) is 5.86. The van der Waals surface area contributed by atoms with E-state index in [0.717, 1.165) is 18.7 Å². The standard InChI is InChI=1S/C24H29N5O2/c1-18-7-4-5-14-29(18)17-21-9-3-2-8-19(21)16-26-22(30)11-12-23-27-24(28-31-23)20-10-6-13-25-15-20/h2-3,6,8-10,13,15,18H,4-5,7,11-12,14,16-17H2,1H3,(H,26,30). The number of rotatable bonds is 8. The molecule has 1 N–H and O–H groups in total. The molecule has 1 aliphatic rings. The molecule has 0 aliphatic carbocycles. The second kappa shape index (κ2) is 10.3. The minimum absolute atomic E-state index is 0.0257. The summed E-state index contributed by atoms with van der Waals surface area (Å²) in [5, 5.41) is 7.01. The second-order valence-electron chi connectivity index (χ2n) is 8.11. The van der Waals surface area contributed by atoms with E-state index in [2.05, 4.69) is 50.5 Å². The molecule has 3 aromatic rings. The van der Waals surface area contributed by atoms with Crippen molar-refractivity contribution in [1.82, 2.24) is 25.3 Å². The maximum absolute atomic E-state index is 12.4. The van der Waals surface area contributed by atoms with Crippen LogP contribution in [-0.4, -0.2) is 38.5 Å². The zero-order chi connectivity index (χ0) is 21.5. The van der Waals surface area contributed by atoms with Gasteiger partial charge in [-0.05, 0) is 49.6 Å². The molecule has 0 spiro atoms. The summed E-state index contributed by atoms with van der Waals surface area (Å²) < 4.78 is 5.27. The monoisotopic (exact) mass is 419 g/mol. The molecule has 2 aromatic heterocycles. The first-order valence-electron chi connectivity index (χ1n) is 11.0. The molecular weight excluding hydrogens is 390 g/mol. The van der Waals surface area contributed by atoms with E-state index in [1.807, 2.05) is 18.2 Å². The number of aryl methyl sites for hydroxylation is 1. The number of likely N-dealkylation sites (tertiary alicyclic amines) is 1. The van der Waals surface area contributed by atoms with Crippen LogP contribution in [0.1, 0.15) is 49.6 Å². The first-order valence-corrected chi connectivity index (χ1v) is 11.0. The topological polar surface area (TPSA) is 84.2 Å². The number of carbonyl (C=O) groups excluding carboxylic acids is 1. The molecule has 4 rings (SSSR count). The van der Waals surface area contributed by atoms with Crippen LogP contribution in [-0.2, 0) is 24.3 Å². The fraction of sp³-hybridized carbons (Fsp3) is 0.417. The van der Waals surface area contributed by atoms with Crippen molar-refractivity contribution in [2.75, 3.05) is 6.54 Å². The van der Waals surface area contributed by atoms with Crippen LogP contribution in [0.3, 0.4) is 0 Å². The van der Waals surface area contributed by atoms with E-state index < -0.39 is 0 Å². The van der Waals surface area contributed by atoms with Crippen molar-refractivity contribution in [3.63, 3.8) is 0 Å². The number of nitrogens with zero attached hydrogens (tertiary/aromatic N) is 4. The van der Waals surface area contributed by atoms with Crippen LogP contribution >= 0.6 is 0 Å². The Hall–Kier alpha value is -3.06. The summed E-state index contributed by atoms with van der Waals surface area (Å²) in [4.78, 5) is 23.4. The Labute approximate surface area is 182 Å². The highest BCUT2D eigenvalue weighted by Crippen LogP contribution is 2.21. The van der Waals surface area contributed by atoms with Crippen molar-refractivity contribution < 1.29 is 9.32 Å². The third kappa shape index (κ3) is 5.76. The molecule has 31 heavy (non-hydrogen) atoms. The first kappa shape index (κ1) is 21.2. The number of carbonyl (C=O) groups is 1. The first-order chi connectivity index (χ1) is 15.2. The fourth-order valence-corrected chi connectivity index (χ4v) is 3.97. The lowest BCUT2D eigenvalue weighted by Gasteiger charge is -2.33. The molecule has 1 aliphatic heterocycles. The van der Waals surface area contributed by atoms with Crippen LogP contribution < -0.4 is 5.32 Å². The van der Waals surface area contributed by atoms with Gasteiger partial charge in [0.15, 0.2) is 0 Å². The lowest BCUT2D eigenvalue weighted by molar-refractivity contribution is -0.121. The van der Waals surface area contributed by atoms with Crippen molar-refractivity contribution in [2.45, 2.75) is 58.2 Å². The predicted molar refractivity (Wildman–Crippen MR) is 118 cm³/mol. The minimum atomic E-state index is -0.0257. The van der Waals surface area contributed by atoms with E-state index in [-0.39, 0.29) is 5.91 Å². The Balaban J connectivity index is 1.28. The summed E-state index contributed by atoms with van der Waals surface area (Å²) in [7, 11) is 0. The van der Waals surface area contributed by atoms with Crippen LogP contribution in [0.4, 0.5) is 0 Å². The second-order valence-corrected chi connectivity index (χ2v) is 8.11. The summed E-state index contributed by atoms with van der Waals surface area (Å²) in [6.45, 7) is 4.92. The lowest BCUT2D eigenvalue weighted by Crippen LogP contribution is -2.37. The highest BCUT2D eigenvalue weighted by Gasteiger charge is 2.19. The molecule has 0 bridgehead atoms. The normalized spacial score (nSPS) is 16.9. The van der Waals surface area contributed by atoms with Gasteiger partial charge in [0.2, 0.25) is 17.6 Å². The number of benzene rings is 1. The fourth-order valence-electron chi connectivity index (χ4n) is 3.97. The number of aromatic nitrogens is 3. The number of hydrogen-bond acceptors (Lipinski definition) is 6. The predicted octanol–water partition coefficient (Wildman–Crippen LogP) is 3.76. The SMILES string of the molecule is CC1CCCCN1Cc1ccccc1CNC(=O)CCc1nc(-c2cccnc2)no1. The molecule has 1 aromatic carbocycles. The molecule has 1 amide bonds. The molecule has 3 heterocycles. The van der Waals surface area contributed by atoms with E-state index in [4.69, 9.17) is 4.52 Å². The van der Waals surface area contributed by atoms with E-state index in [0.29, 0.717) is 37.1 Å². The Bertz CT molecular complexity index is 988. The lowest BCUT2D eigenvalue weighted by atomic mass is 10.0. The molecule has 1 saturated heterocycles. The number of nitrogens with one attached hydrogen (secondary N) is 1. The van der Waals surface area contributed by atoms with Crippen LogP contribution in [0.2, 0.25) is 0 Å². The van der Waals surface area contributed by atoms with Gasteiger partial charge in [0.05, 0.1) is 0 Å². The third-order valence-corrected chi connectivity index (χ3v) is 5.86. The highest BCUT2D eigenvalue weighted by molar-refractivity contribution is 5.76. The molecule has 1 atom stereocenters. The number of pyridine rings is 1. The van der Waals surface area contributed by atoms with Crippen LogP contribution in [0.25, 0.3) is 11.4 Å². The quantitative estimate of drug-likeness (QED) is 0.599. The Kier molecular flexibility index (Phi) is 7.04. The van der Waals surface area contributed by atoms with E-state index in [9.17, 15) is 4.79 Å². The molecule has 162 valence electrons. The maximum Gasteiger partial charge on any atom is 0.227 e. The van der Waals surface area contributed by atoms with Gasteiger partial charge in [-0.3, -0.25) is 14.7 Å². The minimum Gasteiger partial charge on any atom is -0.352 e. The van der Waals surface area contributed by atoms with E-state index in [1.54, 1.807) is 12.4 Å². The molecule has 1 unspecified atom stereocenters.